The molecule has 7 nitrogen and oxygen atoms in total. The quantitative estimate of drug-likeness (QED) is 0.719. The molecule has 4 rings (SSSR count). The van der Waals surface area contributed by atoms with Gasteiger partial charge in [-0.25, -0.2) is 0 Å². The SMILES string of the molecule is Cc1ccc(Nc2nc(Nc3ccccc3)nc(N3CCOCC3)n2)cc1. The zero-order chi connectivity index (χ0) is 18.5. The van der Waals surface area contributed by atoms with Crippen LogP contribution in [0.4, 0.5) is 29.2 Å². The molecular weight excluding hydrogens is 340 g/mol. The number of ether oxygens (including phenoxy) is 1. The van der Waals surface area contributed by atoms with Crippen LogP contribution in [0.15, 0.2) is 54.6 Å². The van der Waals surface area contributed by atoms with Crippen molar-refractivity contribution in [3.05, 3.63) is 60.2 Å². The van der Waals surface area contributed by atoms with Gasteiger partial charge in [-0.3, -0.25) is 0 Å². The van der Waals surface area contributed by atoms with Gasteiger partial charge in [0.1, 0.15) is 0 Å². The van der Waals surface area contributed by atoms with E-state index in [-0.39, 0.29) is 0 Å². The summed E-state index contributed by atoms with van der Waals surface area (Å²) in [6, 6.07) is 18.0. The summed E-state index contributed by atoms with van der Waals surface area (Å²) >= 11 is 0. The van der Waals surface area contributed by atoms with E-state index >= 15 is 0 Å². The summed E-state index contributed by atoms with van der Waals surface area (Å²) in [5, 5.41) is 6.54. The maximum atomic E-state index is 5.44. The number of anilines is 5. The van der Waals surface area contributed by atoms with E-state index in [1.54, 1.807) is 0 Å². The highest BCUT2D eigenvalue weighted by molar-refractivity contribution is 5.59. The monoisotopic (exact) mass is 362 g/mol. The number of aryl methyl sites for hydroxylation is 1. The van der Waals surface area contributed by atoms with Gasteiger partial charge in [0.15, 0.2) is 0 Å². The third-order valence-electron chi connectivity index (χ3n) is 4.26. The van der Waals surface area contributed by atoms with E-state index in [0.717, 1.165) is 24.5 Å². The maximum absolute atomic E-state index is 5.44. The first kappa shape index (κ1) is 17.2. The van der Waals surface area contributed by atoms with Gasteiger partial charge in [0.2, 0.25) is 17.8 Å². The van der Waals surface area contributed by atoms with Gasteiger partial charge in [0.25, 0.3) is 0 Å². The predicted octanol–water partition coefficient (Wildman–Crippen LogP) is 3.50. The zero-order valence-corrected chi connectivity index (χ0v) is 15.2. The summed E-state index contributed by atoms with van der Waals surface area (Å²) in [5.41, 5.74) is 3.07. The minimum Gasteiger partial charge on any atom is -0.378 e. The first-order valence-electron chi connectivity index (χ1n) is 9.01. The lowest BCUT2D eigenvalue weighted by Crippen LogP contribution is -2.37. The molecule has 1 aromatic heterocycles. The molecule has 3 aromatic rings. The second kappa shape index (κ2) is 8.01. The van der Waals surface area contributed by atoms with Crippen molar-refractivity contribution < 1.29 is 4.74 Å². The normalized spacial score (nSPS) is 14.0. The molecule has 1 aliphatic heterocycles. The van der Waals surface area contributed by atoms with Crippen molar-refractivity contribution in [2.75, 3.05) is 41.8 Å². The molecule has 2 N–H and O–H groups in total. The summed E-state index contributed by atoms with van der Waals surface area (Å²) < 4.78 is 5.44. The van der Waals surface area contributed by atoms with E-state index in [1.165, 1.54) is 5.56 Å². The number of morpholine rings is 1. The van der Waals surface area contributed by atoms with Gasteiger partial charge >= 0.3 is 0 Å². The molecule has 7 heteroatoms. The third kappa shape index (κ3) is 4.51. The highest BCUT2D eigenvalue weighted by Crippen LogP contribution is 2.21. The molecule has 2 aromatic carbocycles. The minimum atomic E-state index is 0.507. The van der Waals surface area contributed by atoms with E-state index in [9.17, 15) is 0 Å². The summed E-state index contributed by atoms with van der Waals surface area (Å²) in [5.74, 6) is 1.66. The number of nitrogens with one attached hydrogen (secondary N) is 2. The standard InChI is InChI=1S/C20H22N6O/c1-15-7-9-17(10-8-15)22-19-23-18(21-16-5-3-2-4-6-16)24-20(25-19)26-11-13-27-14-12-26/h2-10H,11-14H2,1H3,(H2,21,22,23,24,25). The summed E-state index contributed by atoms with van der Waals surface area (Å²) in [4.78, 5) is 15.9. The number of rotatable bonds is 5. The second-order valence-corrected chi connectivity index (χ2v) is 6.36. The number of nitrogens with zero attached hydrogens (tertiary/aromatic N) is 4. The molecule has 0 atom stereocenters. The fourth-order valence-corrected chi connectivity index (χ4v) is 2.80. The van der Waals surface area contributed by atoms with Crippen LogP contribution in [0.3, 0.4) is 0 Å². The molecule has 1 fully saturated rings. The van der Waals surface area contributed by atoms with Crippen molar-refractivity contribution in [3.8, 4) is 0 Å². The molecule has 0 radical (unpaired) electrons. The number of benzene rings is 2. The predicted molar refractivity (Wildman–Crippen MR) is 107 cm³/mol. The Labute approximate surface area is 158 Å². The molecule has 1 saturated heterocycles. The van der Waals surface area contributed by atoms with Crippen LogP contribution < -0.4 is 15.5 Å². The lowest BCUT2D eigenvalue weighted by Gasteiger charge is -2.27. The van der Waals surface area contributed by atoms with Gasteiger partial charge in [-0.2, -0.15) is 15.0 Å². The van der Waals surface area contributed by atoms with E-state index in [2.05, 4.69) is 49.5 Å². The van der Waals surface area contributed by atoms with Crippen LogP contribution in [-0.4, -0.2) is 41.3 Å². The Morgan fingerprint density at radius 1 is 0.778 bits per heavy atom. The largest absolute Gasteiger partial charge is 0.378 e. The fourth-order valence-electron chi connectivity index (χ4n) is 2.80. The Bertz CT molecular complexity index is 879. The lowest BCUT2D eigenvalue weighted by molar-refractivity contribution is 0.122. The topological polar surface area (TPSA) is 75.2 Å². The molecule has 0 aliphatic carbocycles. The molecule has 27 heavy (non-hydrogen) atoms. The molecule has 0 bridgehead atoms. The highest BCUT2D eigenvalue weighted by Gasteiger charge is 2.17. The van der Waals surface area contributed by atoms with E-state index in [4.69, 9.17) is 4.74 Å². The number of para-hydroxylation sites is 1. The van der Waals surface area contributed by atoms with Gasteiger partial charge in [-0.1, -0.05) is 35.9 Å². The van der Waals surface area contributed by atoms with Crippen molar-refractivity contribution in [3.63, 3.8) is 0 Å². The van der Waals surface area contributed by atoms with Crippen LogP contribution in [0.1, 0.15) is 5.56 Å². The number of hydrogen-bond donors (Lipinski definition) is 2. The number of aromatic nitrogens is 3. The Kier molecular flexibility index (Phi) is 5.11. The van der Waals surface area contributed by atoms with Crippen molar-refractivity contribution in [2.24, 2.45) is 0 Å². The van der Waals surface area contributed by atoms with Gasteiger partial charge in [-0.15, -0.1) is 0 Å². The van der Waals surface area contributed by atoms with Crippen LogP contribution in [0.2, 0.25) is 0 Å². The van der Waals surface area contributed by atoms with E-state index < -0.39 is 0 Å². The molecule has 0 unspecified atom stereocenters. The van der Waals surface area contributed by atoms with Gasteiger partial charge < -0.3 is 20.3 Å². The number of hydrogen-bond acceptors (Lipinski definition) is 7. The van der Waals surface area contributed by atoms with Crippen LogP contribution >= 0.6 is 0 Å². The molecule has 0 amide bonds. The Morgan fingerprint density at radius 3 is 2.00 bits per heavy atom. The van der Waals surface area contributed by atoms with E-state index in [1.807, 2.05) is 42.5 Å². The van der Waals surface area contributed by atoms with Crippen molar-refractivity contribution in [1.29, 1.82) is 0 Å². The minimum absolute atomic E-state index is 0.507. The average molecular weight is 362 g/mol. The molecule has 138 valence electrons. The second-order valence-electron chi connectivity index (χ2n) is 6.36. The third-order valence-corrected chi connectivity index (χ3v) is 4.26. The Balaban J connectivity index is 1.63. The summed E-state index contributed by atoms with van der Waals surface area (Å²) in [6.07, 6.45) is 0. The maximum Gasteiger partial charge on any atom is 0.233 e. The van der Waals surface area contributed by atoms with Gasteiger partial charge in [-0.05, 0) is 31.2 Å². The fraction of sp³-hybridized carbons (Fsp3) is 0.250. The van der Waals surface area contributed by atoms with Crippen molar-refractivity contribution in [2.45, 2.75) is 6.92 Å². The van der Waals surface area contributed by atoms with Crippen LogP contribution in [-0.2, 0) is 4.74 Å². The molecule has 0 saturated carbocycles. The van der Waals surface area contributed by atoms with E-state index in [0.29, 0.717) is 31.1 Å². The lowest BCUT2D eigenvalue weighted by atomic mass is 10.2. The summed E-state index contributed by atoms with van der Waals surface area (Å²) in [6.45, 7) is 4.93. The molecule has 2 heterocycles. The molecular formula is C20H22N6O. The Morgan fingerprint density at radius 2 is 1.37 bits per heavy atom. The Hall–Kier alpha value is -3.19. The smallest absolute Gasteiger partial charge is 0.233 e. The molecule has 1 aliphatic rings. The zero-order valence-electron chi connectivity index (χ0n) is 15.2. The highest BCUT2D eigenvalue weighted by atomic mass is 16.5. The average Bonchev–Trinajstić information content (AvgIpc) is 2.71. The first-order valence-corrected chi connectivity index (χ1v) is 9.01. The van der Waals surface area contributed by atoms with Gasteiger partial charge in [0, 0.05) is 24.5 Å². The van der Waals surface area contributed by atoms with Crippen LogP contribution in [0, 0.1) is 6.92 Å². The van der Waals surface area contributed by atoms with Crippen LogP contribution in [0.25, 0.3) is 0 Å². The van der Waals surface area contributed by atoms with Crippen molar-refractivity contribution in [1.82, 2.24) is 15.0 Å². The molecule has 0 spiro atoms. The van der Waals surface area contributed by atoms with Crippen LogP contribution in [0.5, 0.6) is 0 Å². The van der Waals surface area contributed by atoms with Crippen molar-refractivity contribution >= 4 is 29.2 Å². The van der Waals surface area contributed by atoms with Gasteiger partial charge in [0.05, 0.1) is 13.2 Å². The summed E-state index contributed by atoms with van der Waals surface area (Å²) in [7, 11) is 0. The first-order chi connectivity index (χ1) is 13.3.